The molecule has 0 spiro atoms. The molecule has 144 valence electrons. The lowest BCUT2D eigenvalue weighted by atomic mass is 10.1. The minimum Gasteiger partial charge on any atom is -0.301 e. The van der Waals surface area contributed by atoms with Gasteiger partial charge in [0.2, 0.25) is 5.91 Å². The zero-order valence-corrected chi connectivity index (χ0v) is 17.3. The smallest absolute Gasteiger partial charge is 0.236 e. The number of thioether (sulfide) groups is 1. The summed E-state index contributed by atoms with van der Waals surface area (Å²) in [4.78, 5) is 20.6. The summed E-state index contributed by atoms with van der Waals surface area (Å²) in [6, 6.07) is 20.8. The molecule has 4 rings (SSSR count). The number of thiazole rings is 1. The molecule has 3 aromatic rings. The number of fused-ring (bicyclic) bond motifs is 1. The first-order valence-electron chi connectivity index (χ1n) is 9.42. The summed E-state index contributed by atoms with van der Waals surface area (Å²) in [6.07, 6.45) is 0.942. The van der Waals surface area contributed by atoms with E-state index in [4.69, 9.17) is 0 Å². The molecule has 1 amide bonds. The van der Waals surface area contributed by atoms with Gasteiger partial charge in [0, 0.05) is 36.7 Å². The number of hydrogen-bond acceptors (Lipinski definition) is 5. The third-order valence-electron chi connectivity index (χ3n) is 4.65. The van der Waals surface area contributed by atoms with E-state index >= 15 is 0 Å². The van der Waals surface area contributed by atoms with Gasteiger partial charge in [0.25, 0.3) is 0 Å². The van der Waals surface area contributed by atoms with Crippen molar-refractivity contribution in [1.29, 1.82) is 0 Å². The van der Waals surface area contributed by atoms with E-state index in [-0.39, 0.29) is 5.91 Å². The number of carbonyl (C=O) groups excluding carboxylic acids is 1. The van der Waals surface area contributed by atoms with Crippen molar-refractivity contribution in [2.75, 3.05) is 17.6 Å². The molecule has 4 nitrogen and oxygen atoms in total. The van der Waals surface area contributed by atoms with Gasteiger partial charge >= 0.3 is 0 Å². The summed E-state index contributed by atoms with van der Waals surface area (Å²) < 4.78 is 0. The molecule has 1 aliphatic rings. The molecule has 0 saturated carbocycles. The van der Waals surface area contributed by atoms with Crippen LogP contribution in [0.1, 0.15) is 21.7 Å². The molecule has 0 unspecified atom stereocenters. The van der Waals surface area contributed by atoms with Gasteiger partial charge in [0.15, 0.2) is 5.13 Å². The van der Waals surface area contributed by atoms with Gasteiger partial charge in [-0.2, -0.15) is 0 Å². The van der Waals surface area contributed by atoms with E-state index in [9.17, 15) is 4.79 Å². The van der Waals surface area contributed by atoms with Crippen molar-refractivity contribution < 1.29 is 4.79 Å². The Balaban J connectivity index is 1.27. The summed E-state index contributed by atoms with van der Waals surface area (Å²) in [5.74, 6) is 1.31. The van der Waals surface area contributed by atoms with Crippen LogP contribution in [0.2, 0.25) is 0 Å². The predicted octanol–water partition coefficient (Wildman–Crippen LogP) is 4.57. The van der Waals surface area contributed by atoms with E-state index in [2.05, 4.69) is 51.6 Å². The third-order valence-corrected chi connectivity index (χ3v) is 6.65. The quantitative estimate of drug-likeness (QED) is 0.621. The number of nitrogens with zero attached hydrogens (tertiary/aromatic N) is 2. The Morgan fingerprint density at radius 1 is 1.07 bits per heavy atom. The van der Waals surface area contributed by atoms with Crippen LogP contribution < -0.4 is 5.32 Å². The predicted molar refractivity (Wildman–Crippen MR) is 118 cm³/mol. The molecule has 1 N–H and O–H groups in total. The summed E-state index contributed by atoms with van der Waals surface area (Å²) in [5, 5.41) is 3.71. The number of hydrogen-bond donors (Lipinski definition) is 1. The van der Waals surface area contributed by atoms with Crippen molar-refractivity contribution in [3.05, 3.63) is 82.4 Å². The van der Waals surface area contributed by atoms with Gasteiger partial charge in [0.05, 0.1) is 11.4 Å². The van der Waals surface area contributed by atoms with E-state index < -0.39 is 0 Å². The maximum atomic E-state index is 12.2. The van der Waals surface area contributed by atoms with Gasteiger partial charge in [-0.1, -0.05) is 60.7 Å². The first-order valence-corrected chi connectivity index (χ1v) is 11.4. The number of anilines is 1. The van der Waals surface area contributed by atoms with Crippen molar-refractivity contribution in [2.24, 2.45) is 0 Å². The SMILES string of the molecule is O=C(CSCc1ccccc1)Nc1nc2c(s1)CN(Cc1ccccc1)CC2. The number of amides is 1. The minimum absolute atomic E-state index is 0.0215. The van der Waals surface area contributed by atoms with Gasteiger partial charge in [-0.3, -0.25) is 9.69 Å². The lowest BCUT2D eigenvalue weighted by Gasteiger charge is -2.25. The van der Waals surface area contributed by atoms with Crippen LogP contribution >= 0.6 is 23.1 Å². The molecule has 0 atom stereocenters. The average molecular weight is 410 g/mol. The third kappa shape index (κ3) is 5.22. The highest BCUT2D eigenvalue weighted by molar-refractivity contribution is 7.99. The molecular formula is C22H23N3OS2. The molecule has 0 aliphatic carbocycles. The fraction of sp³-hybridized carbons (Fsp3) is 0.273. The zero-order chi connectivity index (χ0) is 19.2. The Morgan fingerprint density at radius 2 is 1.79 bits per heavy atom. The summed E-state index contributed by atoms with van der Waals surface area (Å²) >= 11 is 3.24. The number of carbonyl (C=O) groups is 1. The fourth-order valence-corrected chi connectivity index (χ4v) is 5.12. The molecule has 2 aromatic carbocycles. The highest BCUT2D eigenvalue weighted by Crippen LogP contribution is 2.29. The molecule has 0 saturated heterocycles. The van der Waals surface area contributed by atoms with Crippen LogP contribution in [0, 0.1) is 0 Å². The Labute approximate surface area is 174 Å². The molecule has 6 heteroatoms. The van der Waals surface area contributed by atoms with E-state index in [0.29, 0.717) is 5.75 Å². The monoisotopic (exact) mass is 409 g/mol. The van der Waals surface area contributed by atoms with Crippen LogP contribution in [0.4, 0.5) is 5.13 Å². The minimum atomic E-state index is 0.0215. The second kappa shape index (κ2) is 9.37. The first kappa shape index (κ1) is 19.2. The number of rotatable bonds is 7. The molecule has 0 fully saturated rings. The molecule has 2 heterocycles. The molecule has 1 aliphatic heterocycles. The maximum absolute atomic E-state index is 12.2. The molecular weight excluding hydrogens is 386 g/mol. The van der Waals surface area contributed by atoms with E-state index in [1.807, 2.05) is 24.3 Å². The first-order chi connectivity index (χ1) is 13.8. The average Bonchev–Trinajstić information content (AvgIpc) is 3.11. The van der Waals surface area contributed by atoms with Crippen molar-refractivity contribution in [1.82, 2.24) is 9.88 Å². The van der Waals surface area contributed by atoms with E-state index in [1.54, 1.807) is 23.1 Å². The standard InChI is InChI=1S/C22H23N3OS2/c26-21(16-27-15-18-9-5-2-6-10-18)24-22-23-19-11-12-25(14-20(19)28-22)13-17-7-3-1-4-8-17/h1-10H,11-16H2,(H,23,24,26). The largest absolute Gasteiger partial charge is 0.301 e. The second-order valence-corrected chi connectivity index (χ2v) is 8.93. The van der Waals surface area contributed by atoms with E-state index in [0.717, 1.165) is 42.6 Å². The number of benzene rings is 2. The van der Waals surface area contributed by atoms with Crippen LogP contribution in [0.3, 0.4) is 0 Å². The van der Waals surface area contributed by atoms with Gasteiger partial charge in [-0.25, -0.2) is 4.98 Å². The van der Waals surface area contributed by atoms with E-state index in [1.165, 1.54) is 16.0 Å². The summed E-state index contributed by atoms with van der Waals surface area (Å²) in [7, 11) is 0. The Hall–Kier alpha value is -2.15. The lowest BCUT2D eigenvalue weighted by molar-refractivity contribution is -0.113. The van der Waals surface area contributed by atoms with Crippen LogP contribution in [-0.2, 0) is 30.1 Å². The number of aromatic nitrogens is 1. The van der Waals surface area contributed by atoms with Crippen molar-refractivity contribution in [2.45, 2.75) is 25.3 Å². The Bertz CT molecular complexity index is 912. The highest BCUT2D eigenvalue weighted by Gasteiger charge is 2.21. The Morgan fingerprint density at radius 3 is 2.54 bits per heavy atom. The second-order valence-electron chi connectivity index (χ2n) is 6.86. The van der Waals surface area contributed by atoms with Gasteiger partial charge in [0.1, 0.15) is 0 Å². The topological polar surface area (TPSA) is 45.2 Å². The zero-order valence-electron chi connectivity index (χ0n) is 15.6. The molecule has 1 aromatic heterocycles. The van der Waals surface area contributed by atoms with Crippen LogP contribution in [0.5, 0.6) is 0 Å². The number of nitrogens with one attached hydrogen (secondary N) is 1. The molecule has 0 bridgehead atoms. The van der Waals surface area contributed by atoms with Gasteiger partial charge in [-0.05, 0) is 11.1 Å². The van der Waals surface area contributed by atoms with Crippen LogP contribution in [0.15, 0.2) is 60.7 Å². The summed E-state index contributed by atoms with van der Waals surface area (Å²) in [6.45, 7) is 2.86. The molecule has 0 radical (unpaired) electrons. The lowest BCUT2D eigenvalue weighted by Crippen LogP contribution is -2.29. The Kier molecular flexibility index (Phi) is 6.41. The van der Waals surface area contributed by atoms with Crippen molar-refractivity contribution >= 4 is 34.1 Å². The van der Waals surface area contributed by atoms with Crippen molar-refractivity contribution in [3.8, 4) is 0 Å². The normalized spacial score (nSPS) is 13.9. The van der Waals surface area contributed by atoms with Gasteiger partial charge in [-0.15, -0.1) is 23.1 Å². The maximum Gasteiger partial charge on any atom is 0.236 e. The molecule has 28 heavy (non-hydrogen) atoms. The van der Waals surface area contributed by atoms with Crippen LogP contribution in [-0.4, -0.2) is 28.1 Å². The highest BCUT2D eigenvalue weighted by atomic mass is 32.2. The summed E-state index contributed by atoms with van der Waals surface area (Å²) in [5.41, 5.74) is 3.71. The van der Waals surface area contributed by atoms with Gasteiger partial charge < -0.3 is 5.32 Å². The van der Waals surface area contributed by atoms with Crippen LogP contribution in [0.25, 0.3) is 0 Å². The van der Waals surface area contributed by atoms with Crippen molar-refractivity contribution in [3.63, 3.8) is 0 Å². The fourth-order valence-electron chi connectivity index (χ4n) is 3.27.